The van der Waals surface area contributed by atoms with Gasteiger partial charge in [-0.1, -0.05) is 13.3 Å². The summed E-state index contributed by atoms with van der Waals surface area (Å²) in [5.41, 5.74) is 2.00. The summed E-state index contributed by atoms with van der Waals surface area (Å²) in [6, 6.07) is 6.25. The zero-order valence-electron chi connectivity index (χ0n) is 11.5. The second-order valence-electron chi connectivity index (χ2n) is 5.38. The smallest absolute Gasteiger partial charge is 0.125 e. The summed E-state index contributed by atoms with van der Waals surface area (Å²) in [6.07, 6.45) is 2.36. The van der Waals surface area contributed by atoms with E-state index in [1.807, 2.05) is 6.92 Å². The lowest BCUT2D eigenvalue weighted by Crippen LogP contribution is -2.55. The molecule has 0 amide bonds. The van der Waals surface area contributed by atoms with Crippen LogP contribution in [-0.2, 0) is 0 Å². The summed E-state index contributed by atoms with van der Waals surface area (Å²) < 4.78 is 13.5. The lowest BCUT2D eigenvalue weighted by molar-refractivity contribution is 0.386. The third kappa shape index (κ3) is 3.02. The van der Waals surface area contributed by atoms with E-state index in [1.54, 1.807) is 12.1 Å². The summed E-state index contributed by atoms with van der Waals surface area (Å²) in [4.78, 5) is 2.33. The first-order valence-corrected chi connectivity index (χ1v) is 6.87. The van der Waals surface area contributed by atoms with Crippen molar-refractivity contribution in [2.75, 3.05) is 18.0 Å². The van der Waals surface area contributed by atoms with Crippen LogP contribution in [0.3, 0.4) is 0 Å². The van der Waals surface area contributed by atoms with Gasteiger partial charge in [-0.25, -0.2) is 4.39 Å². The normalized spacial score (nSPS) is 24.3. The van der Waals surface area contributed by atoms with Crippen molar-refractivity contribution in [2.45, 2.75) is 45.7 Å². The number of piperazine rings is 1. The average molecular weight is 250 g/mol. The number of halogens is 1. The van der Waals surface area contributed by atoms with E-state index in [4.69, 9.17) is 0 Å². The van der Waals surface area contributed by atoms with Crippen LogP contribution in [0.15, 0.2) is 18.2 Å². The van der Waals surface area contributed by atoms with Gasteiger partial charge in [-0.15, -0.1) is 0 Å². The molecule has 1 aliphatic rings. The molecule has 1 saturated heterocycles. The Labute approximate surface area is 109 Å². The minimum atomic E-state index is -0.136. The van der Waals surface area contributed by atoms with Crippen LogP contribution in [0.5, 0.6) is 0 Å². The zero-order valence-corrected chi connectivity index (χ0v) is 11.5. The minimum absolute atomic E-state index is 0.136. The third-order valence-corrected chi connectivity index (χ3v) is 3.65. The Morgan fingerprint density at radius 1 is 1.39 bits per heavy atom. The van der Waals surface area contributed by atoms with Crippen molar-refractivity contribution in [3.8, 4) is 0 Å². The SMILES string of the molecule is CCCC1CN(c2cc(C)cc(F)c2)C(C)CN1. The first-order chi connectivity index (χ1) is 8.60. The Morgan fingerprint density at radius 2 is 2.17 bits per heavy atom. The fourth-order valence-corrected chi connectivity index (χ4v) is 2.71. The maximum atomic E-state index is 13.5. The molecule has 0 radical (unpaired) electrons. The number of anilines is 1. The van der Waals surface area contributed by atoms with E-state index in [-0.39, 0.29) is 5.82 Å². The van der Waals surface area contributed by atoms with Crippen LogP contribution in [0.2, 0.25) is 0 Å². The monoisotopic (exact) mass is 250 g/mol. The Kier molecular flexibility index (Phi) is 4.23. The highest BCUT2D eigenvalue weighted by molar-refractivity contribution is 5.50. The molecule has 2 unspecified atom stereocenters. The van der Waals surface area contributed by atoms with Crippen LogP contribution in [-0.4, -0.2) is 25.2 Å². The summed E-state index contributed by atoms with van der Waals surface area (Å²) in [6.45, 7) is 8.28. The quantitative estimate of drug-likeness (QED) is 0.886. The molecule has 1 aromatic rings. The van der Waals surface area contributed by atoms with E-state index < -0.39 is 0 Å². The van der Waals surface area contributed by atoms with E-state index in [1.165, 1.54) is 12.8 Å². The number of rotatable bonds is 3. The van der Waals surface area contributed by atoms with Crippen LogP contribution in [0.25, 0.3) is 0 Å². The molecule has 3 heteroatoms. The van der Waals surface area contributed by atoms with Crippen LogP contribution in [0, 0.1) is 12.7 Å². The number of nitrogens with one attached hydrogen (secondary N) is 1. The van der Waals surface area contributed by atoms with Gasteiger partial charge in [0, 0.05) is 30.9 Å². The van der Waals surface area contributed by atoms with Gasteiger partial charge in [-0.2, -0.15) is 0 Å². The summed E-state index contributed by atoms with van der Waals surface area (Å²) in [7, 11) is 0. The average Bonchev–Trinajstić information content (AvgIpc) is 2.30. The Hall–Kier alpha value is -1.09. The maximum Gasteiger partial charge on any atom is 0.125 e. The molecule has 0 spiro atoms. The molecule has 0 aliphatic carbocycles. The molecule has 2 nitrogen and oxygen atoms in total. The number of nitrogens with zero attached hydrogens (tertiary/aromatic N) is 1. The molecule has 0 saturated carbocycles. The summed E-state index contributed by atoms with van der Waals surface area (Å²) in [5, 5.41) is 3.56. The molecular formula is C15H23FN2. The van der Waals surface area contributed by atoms with Crippen molar-refractivity contribution in [3.05, 3.63) is 29.6 Å². The predicted molar refractivity (Wildman–Crippen MR) is 74.6 cm³/mol. The van der Waals surface area contributed by atoms with Crippen LogP contribution >= 0.6 is 0 Å². The van der Waals surface area contributed by atoms with Crippen molar-refractivity contribution >= 4 is 5.69 Å². The minimum Gasteiger partial charge on any atom is -0.366 e. The van der Waals surface area contributed by atoms with Crippen LogP contribution in [0.1, 0.15) is 32.3 Å². The van der Waals surface area contributed by atoms with Crippen LogP contribution < -0.4 is 10.2 Å². The molecular weight excluding hydrogens is 227 g/mol. The highest BCUT2D eigenvalue weighted by Gasteiger charge is 2.24. The third-order valence-electron chi connectivity index (χ3n) is 3.65. The van der Waals surface area contributed by atoms with Gasteiger partial charge in [0.2, 0.25) is 0 Å². The van der Waals surface area contributed by atoms with Gasteiger partial charge in [0.1, 0.15) is 5.82 Å². The van der Waals surface area contributed by atoms with Crippen molar-refractivity contribution < 1.29 is 4.39 Å². The second kappa shape index (κ2) is 5.70. The fourth-order valence-electron chi connectivity index (χ4n) is 2.71. The lowest BCUT2D eigenvalue weighted by Gasteiger charge is -2.40. The summed E-state index contributed by atoms with van der Waals surface area (Å²) in [5.74, 6) is -0.136. The Bertz CT molecular complexity index is 385. The summed E-state index contributed by atoms with van der Waals surface area (Å²) >= 11 is 0. The molecule has 2 rings (SSSR count). The number of aryl methyl sites for hydroxylation is 1. The molecule has 1 heterocycles. The number of benzene rings is 1. The zero-order chi connectivity index (χ0) is 13.1. The molecule has 18 heavy (non-hydrogen) atoms. The van der Waals surface area contributed by atoms with Gasteiger partial charge in [-0.05, 0) is 44.0 Å². The topological polar surface area (TPSA) is 15.3 Å². The van der Waals surface area contributed by atoms with E-state index >= 15 is 0 Å². The van der Waals surface area contributed by atoms with Gasteiger partial charge in [0.05, 0.1) is 0 Å². The number of hydrogen-bond acceptors (Lipinski definition) is 2. The van der Waals surface area contributed by atoms with Gasteiger partial charge in [0.25, 0.3) is 0 Å². The molecule has 0 bridgehead atoms. The predicted octanol–water partition coefficient (Wildman–Crippen LogP) is 3.10. The van der Waals surface area contributed by atoms with Crippen molar-refractivity contribution in [2.24, 2.45) is 0 Å². The van der Waals surface area contributed by atoms with Gasteiger partial charge < -0.3 is 10.2 Å². The fraction of sp³-hybridized carbons (Fsp3) is 0.600. The first kappa shape index (κ1) is 13.3. The first-order valence-electron chi connectivity index (χ1n) is 6.87. The van der Waals surface area contributed by atoms with E-state index in [0.29, 0.717) is 12.1 Å². The molecule has 100 valence electrons. The van der Waals surface area contributed by atoms with Gasteiger partial charge >= 0.3 is 0 Å². The highest BCUT2D eigenvalue weighted by Crippen LogP contribution is 2.23. The molecule has 1 aromatic carbocycles. The van der Waals surface area contributed by atoms with Crippen molar-refractivity contribution in [1.82, 2.24) is 5.32 Å². The standard InChI is InChI=1S/C15H23FN2/c1-4-5-14-10-18(12(3)9-17-14)15-7-11(2)6-13(16)8-15/h6-8,12,14,17H,4-5,9-10H2,1-3H3. The Morgan fingerprint density at radius 3 is 2.83 bits per heavy atom. The molecule has 1 N–H and O–H groups in total. The van der Waals surface area contributed by atoms with E-state index in [2.05, 4.69) is 30.1 Å². The molecule has 1 fully saturated rings. The van der Waals surface area contributed by atoms with E-state index in [9.17, 15) is 4.39 Å². The molecule has 2 atom stereocenters. The lowest BCUT2D eigenvalue weighted by atomic mass is 10.0. The Balaban J connectivity index is 2.18. The van der Waals surface area contributed by atoms with Gasteiger partial charge in [-0.3, -0.25) is 0 Å². The highest BCUT2D eigenvalue weighted by atomic mass is 19.1. The van der Waals surface area contributed by atoms with E-state index in [0.717, 1.165) is 24.3 Å². The second-order valence-corrected chi connectivity index (χ2v) is 5.38. The largest absolute Gasteiger partial charge is 0.366 e. The number of hydrogen-bond donors (Lipinski definition) is 1. The van der Waals surface area contributed by atoms with Gasteiger partial charge in [0.15, 0.2) is 0 Å². The van der Waals surface area contributed by atoms with Crippen molar-refractivity contribution in [1.29, 1.82) is 0 Å². The molecule has 1 aliphatic heterocycles. The molecule has 0 aromatic heterocycles. The van der Waals surface area contributed by atoms with Crippen molar-refractivity contribution in [3.63, 3.8) is 0 Å². The van der Waals surface area contributed by atoms with Crippen LogP contribution in [0.4, 0.5) is 10.1 Å². The maximum absolute atomic E-state index is 13.5.